The Hall–Kier alpha value is -2.74. The van der Waals surface area contributed by atoms with Crippen LogP contribution in [-0.2, 0) is 9.59 Å². The number of rotatable bonds is 2. The zero-order valence-electron chi connectivity index (χ0n) is 10.7. The Morgan fingerprint density at radius 1 is 0.600 bits per heavy atom. The third-order valence-electron chi connectivity index (χ3n) is 3.27. The van der Waals surface area contributed by atoms with Crippen molar-refractivity contribution in [2.75, 3.05) is 0 Å². The molecule has 0 bridgehead atoms. The predicted molar refractivity (Wildman–Crippen MR) is 78.9 cm³/mol. The van der Waals surface area contributed by atoms with E-state index < -0.39 is 11.6 Å². The number of allylic oxidation sites excluding steroid dienone is 4. The molecule has 0 saturated carbocycles. The first-order valence-electron chi connectivity index (χ1n) is 6.39. The third kappa shape index (κ3) is 2.12. The van der Waals surface area contributed by atoms with Crippen molar-refractivity contribution in [1.82, 2.24) is 0 Å². The topological polar surface area (TPSA) is 34.1 Å². The van der Waals surface area contributed by atoms with Crippen LogP contribution >= 0.6 is 0 Å². The monoisotopic (exact) mass is 260 g/mol. The molecule has 0 atom stereocenters. The number of hydrogen-bond donors (Lipinski definition) is 0. The highest BCUT2D eigenvalue weighted by Gasteiger charge is 2.25. The largest absolute Gasteiger partial charge is 0.286 e. The second kappa shape index (κ2) is 5.10. The van der Waals surface area contributed by atoms with Gasteiger partial charge in [-0.3, -0.25) is 9.59 Å². The maximum absolute atomic E-state index is 12.3. The smallest absolute Gasteiger partial charge is 0.234 e. The van der Waals surface area contributed by atoms with Gasteiger partial charge in [0.1, 0.15) is 0 Å². The van der Waals surface area contributed by atoms with Crippen LogP contribution in [0.4, 0.5) is 0 Å². The molecule has 96 valence electrons. The maximum Gasteiger partial charge on any atom is 0.234 e. The Balaban J connectivity index is 2.25. The first-order valence-corrected chi connectivity index (χ1v) is 6.39. The first-order chi connectivity index (χ1) is 9.77. The molecule has 0 spiro atoms. The molecule has 0 N–H and O–H groups in total. The van der Waals surface area contributed by atoms with Crippen LogP contribution in [-0.4, -0.2) is 11.6 Å². The van der Waals surface area contributed by atoms with E-state index in [0.717, 1.165) is 16.7 Å². The van der Waals surface area contributed by atoms with E-state index >= 15 is 0 Å². The van der Waals surface area contributed by atoms with Crippen LogP contribution in [0.2, 0.25) is 0 Å². The minimum Gasteiger partial charge on any atom is -0.286 e. The van der Waals surface area contributed by atoms with E-state index in [2.05, 4.69) is 0 Å². The predicted octanol–water partition coefficient (Wildman–Crippen LogP) is 3.31. The minimum absolute atomic E-state index is 0.447. The summed E-state index contributed by atoms with van der Waals surface area (Å²) in [6.45, 7) is 0. The van der Waals surface area contributed by atoms with Gasteiger partial charge in [0.05, 0.1) is 0 Å². The van der Waals surface area contributed by atoms with Crippen molar-refractivity contribution in [3.8, 4) is 0 Å². The second-order valence-corrected chi connectivity index (χ2v) is 4.55. The van der Waals surface area contributed by atoms with Gasteiger partial charge < -0.3 is 0 Å². The van der Waals surface area contributed by atoms with E-state index in [1.807, 2.05) is 60.7 Å². The Labute approximate surface area is 117 Å². The molecule has 2 heteroatoms. The lowest BCUT2D eigenvalue weighted by molar-refractivity contribution is -0.130. The molecule has 3 rings (SSSR count). The number of benzene rings is 2. The number of carbonyl (C=O) groups excluding carboxylic acids is 2. The summed E-state index contributed by atoms with van der Waals surface area (Å²) in [4.78, 5) is 23.9. The standard InChI is InChI=1S/C18H12O2/c19-16-12-11-15(13-7-3-1-4-8-13)17(18(16)20)14-9-5-2-6-10-14/h1-12H. The van der Waals surface area contributed by atoms with Gasteiger partial charge >= 0.3 is 0 Å². The van der Waals surface area contributed by atoms with Crippen LogP contribution in [0.15, 0.2) is 72.8 Å². The summed E-state index contributed by atoms with van der Waals surface area (Å²) in [5.74, 6) is -0.916. The molecule has 0 amide bonds. The molecule has 20 heavy (non-hydrogen) atoms. The number of Topliss-reactive ketones (excluding diaryl/α,β-unsaturated/α-hetero) is 1. The molecule has 2 aromatic rings. The van der Waals surface area contributed by atoms with Crippen molar-refractivity contribution in [3.05, 3.63) is 83.9 Å². The van der Waals surface area contributed by atoms with Crippen molar-refractivity contribution in [2.24, 2.45) is 0 Å². The maximum atomic E-state index is 12.3. The Morgan fingerprint density at radius 2 is 1.15 bits per heavy atom. The van der Waals surface area contributed by atoms with Gasteiger partial charge in [-0.15, -0.1) is 0 Å². The van der Waals surface area contributed by atoms with Crippen LogP contribution in [0.25, 0.3) is 11.1 Å². The number of carbonyl (C=O) groups is 2. The molecule has 0 aliphatic heterocycles. The summed E-state index contributed by atoms with van der Waals surface area (Å²) >= 11 is 0. The lowest BCUT2D eigenvalue weighted by Gasteiger charge is -2.15. The van der Waals surface area contributed by atoms with Gasteiger partial charge in [-0.05, 0) is 28.9 Å². The van der Waals surface area contributed by atoms with E-state index in [1.54, 1.807) is 6.08 Å². The van der Waals surface area contributed by atoms with Crippen LogP contribution in [0.5, 0.6) is 0 Å². The molecule has 0 fully saturated rings. The van der Waals surface area contributed by atoms with Gasteiger partial charge in [0.25, 0.3) is 0 Å². The molecule has 1 aliphatic carbocycles. The normalized spacial score (nSPS) is 14.8. The summed E-state index contributed by atoms with van der Waals surface area (Å²) in [5.41, 5.74) is 2.98. The van der Waals surface area contributed by atoms with Crippen LogP contribution < -0.4 is 0 Å². The lowest BCUT2D eigenvalue weighted by Crippen LogP contribution is -2.17. The molecule has 0 aromatic heterocycles. The summed E-state index contributed by atoms with van der Waals surface area (Å²) < 4.78 is 0. The zero-order valence-corrected chi connectivity index (χ0v) is 10.7. The van der Waals surface area contributed by atoms with Crippen molar-refractivity contribution in [1.29, 1.82) is 0 Å². The third-order valence-corrected chi connectivity index (χ3v) is 3.27. The molecular formula is C18H12O2. The first kappa shape index (κ1) is 12.3. The fourth-order valence-corrected chi connectivity index (χ4v) is 2.31. The van der Waals surface area contributed by atoms with E-state index in [-0.39, 0.29) is 0 Å². The molecule has 0 radical (unpaired) electrons. The van der Waals surface area contributed by atoms with Crippen LogP contribution in [0.1, 0.15) is 11.1 Å². The van der Waals surface area contributed by atoms with Crippen molar-refractivity contribution >= 4 is 22.7 Å². The quantitative estimate of drug-likeness (QED) is 0.613. The van der Waals surface area contributed by atoms with Gasteiger partial charge in [0.2, 0.25) is 11.6 Å². The Bertz CT molecular complexity index is 723. The molecule has 1 aliphatic rings. The van der Waals surface area contributed by atoms with E-state index in [4.69, 9.17) is 0 Å². The minimum atomic E-state index is -0.469. The molecular weight excluding hydrogens is 248 g/mol. The van der Waals surface area contributed by atoms with Gasteiger partial charge in [-0.2, -0.15) is 0 Å². The van der Waals surface area contributed by atoms with E-state index in [1.165, 1.54) is 6.08 Å². The second-order valence-electron chi connectivity index (χ2n) is 4.55. The van der Waals surface area contributed by atoms with Crippen LogP contribution in [0.3, 0.4) is 0 Å². The Kier molecular flexibility index (Phi) is 3.13. The van der Waals surface area contributed by atoms with Gasteiger partial charge in [-0.1, -0.05) is 60.7 Å². The van der Waals surface area contributed by atoms with Crippen molar-refractivity contribution < 1.29 is 9.59 Å². The molecule has 0 unspecified atom stereocenters. The fraction of sp³-hybridized carbons (Fsp3) is 0. The summed E-state index contributed by atoms with van der Waals surface area (Å²) in [5, 5.41) is 0. The summed E-state index contributed by atoms with van der Waals surface area (Å²) in [6.07, 6.45) is 3.07. The van der Waals surface area contributed by atoms with Gasteiger partial charge in [0.15, 0.2) is 0 Å². The zero-order chi connectivity index (χ0) is 13.9. The Morgan fingerprint density at radius 3 is 1.75 bits per heavy atom. The number of hydrogen-bond acceptors (Lipinski definition) is 2. The highest BCUT2D eigenvalue weighted by atomic mass is 16.2. The van der Waals surface area contributed by atoms with E-state index in [9.17, 15) is 9.59 Å². The van der Waals surface area contributed by atoms with Crippen molar-refractivity contribution in [3.63, 3.8) is 0 Å². The van der Waals surface area contributed by atoms with Gasteiger partial charge in [-0.25, -0.2) is 0 Å². The lowest BCUT2D eigenvalue weighted by atomic mass is 9.86. The molecule has 0 saturated heterocycles. The molecule has 2 aromatic carbocycles. The summed E-state index contributed by atoms with van der Waals surface area (Å²) in [7, 11) is 0. The molecule has 2 nitrogen and oxygen atoms in total. The average molecular weight is 260 g/mol. The van der Waals surface area contributed by atoms with Gasteiger partial charge in [0, 0.05) is 5.57 Å². The fourth-order valence-electron chi connectivity index (χ4n) is 2.31. The SMILES string of the molecule is O=C1C=CC(c2ccccc2)=C(c2ccccc2)C1=O. The number of ketones is 2. The highest BCUT2D eigenvalue weighted by molar-refractivity contribution is 6.60. The summed E-state index contributed by atoms with van der Waals surface area (Å²) in [6, 6.07) is 18.9. The highest BCUT2D eigenvalue weighted by Crippen LogP contribution is 2.31. The average Bonchev–Trinajstić information content (AvgIpc) is 2.51. The van der Waals surface area contributed by atoms with Crippen LogP contribution in [0, 0.1) is 0 Å². The molecule has 0 heterocycles. The van der Waals surface area contributed by atoms with E-state index in [0.29, 0.717) is 5.57 Å². The van der Waals surface area contributed by atoms with Crippen molar-refractivity contribution in [2.45, 2.75) is 0 Å².